The third kappa shape index (κ3) is 7.44. The average molecular weight is 568 g/mol. The van der Waals surface area contributed by atoms with Crippen molar-refractivity contribution in [3.8, 4) is 11.5 Å². The molecule has 0 saturated carbocycles. The van der Waals surface area contributed by atoms with Gasteiger partial charge < -0.3 is 20.5 Å². The fourth-order valence-corrected chi connectivity index (χ4v) is 4.79. The van der Waals surface area contributed by atoms with Crippen LogP contribution in [0.1, 0.15) is 0 Å². The van der Waals surface area contributed by atoms with Gasteiger partial charge in [-0.05, 0) is 24.3 Å². The number of nitro benzene ring substituents is 1. The second kappa shape index (κ2) is 13.3. The molecule has 0 saturated heterocycles. The van der Waals surface area contributed by atoms with Crippen LogP contribution in [0.25, 0.3) is 0 Å². The molecule has 9 nitrogen and oxygen atoms in total. The largest absolute Gasteiger partial charge is 0.504 e. The van der Waals surface area contributed by atoms with Crippen LogP contribution < -0.4 is 15.4 Å². The summed E-state index contributed by atoms with van der Waals surface area (Å²) in [5.41, 5.74) is 0.684. The second-order valence-electron chi connectivity index (χ2n) is 6.91. The first-order chi connectivity index (χ1) is 17.3. The quantitative estimate of drug-likeness (QED) is 0.0853. The zero-order chi connectivity index (χ0) is 26.1. The summed E-state index contributed by atoms with van der Waals surface area (Å²) >= 11 is 13.3. The van der Waals surface area contributed by atoms with Gasteiger partial charge in [-0.2, -0.15) is 0 Å². The summed E-state index contributed by atoms with van der Waals surface area (Å²) in [7, 11) is 0. The number of nitro groups is 1. The number of aromatic hydroxyl groups is 1. The van der Waals surface area contributed by atoms with E-state index in [-0.39, 0.29) is 45.7 Å². The van der Waals surface area contributed by atoms with Gasteiger partial charge in [0.2, 0.25) is 11.8 Å². The predicted octanol–water partition coefficient (Wildman–Crippen LogP) is 5.93. The van der Waals surface area contributed by atoms with Crippen LogP contribution in [0.5, 0.6) is 11.5 Å². The summed E-state index contributed by atoms with van der Waals surface area (Å²) in [5, 5.41) is 27.6. The van der Waals surface area contributed by atoms with Gasteiger partial charge in [-0.1, -0.05) is 47.8 Å². The van der Waals surface area contributed by atoms with Crippen LogP contribution in [-0.4, -0.2) is 39.5 Å². The predicted molar refractivity (Wildman–Crippen MR) is 142 cm³/mol. The Kier molecular flexibility index (Phi) is 10.1. The number of carbonyl (C=O) groups is 2. The van der Waals surface area contributed by atoms with Crippen LogP contribution in [0.15, 0.2) is 75.4 Å². The first kappa shape index (κ1) is 27.5. The van der Waals surface area contributed by atoms with Crippen molar-refractivity contribution in [1.29, 1.82) is 0 Å². The van der Waals surface area contributed by atoms with Crippen molar-refractivity contribution < 1.29 is 24.4 Å². The normalized spacial score (nSPS) is 10.5. The summed E-state index contributed by atoms with van der Waals surface area (Å²) in [5.74, 6) is -1.60. The van der Waals surface area contributed by atoms with Gasteiger partial charge in [0.05, 0.1) is 27.3 Å². The molecule has 36 heavy (non-hydrogen) atoms. The topological polar surface area (TPSA) is 131 Å². The molecule has 0 aliphatic carbocycles. The molecular formula is C23H19Cl2N3O6S2. The molecule has 188 valence electrons. The van der Waals surface area contributed by atoms with E-state index in [1.807, 2.05) is 0 Å². The maximum atomic E-state index is 11.8. The number of alkyl halides is 2. The zero-order valence-corrected chi connectivity index (χ0v) is 21.5. The molecule has 0 aliphatic rings. The molecule has 2 amide bonds. The van der Waals surface area contributed by atoms with E-state index in [1.54, 1.807) is 48.5 Å². The average Bonchev–Trinajstić information content (AvgIpc) is 2.87. The maximum absolute atomic E-state index is 11.8. The zero-order valence-electron chi connectivity index (χ0n) is 18.4. The lowest BCUT2D eigenvalue weighted by atomic mass is 10.3. The molecule has 0 atom stereocenters. The van der Waals surface area contributed by atoms with E-state index in [0.29, 0.717) is 21.2 Å². The number of hydrogen-bond acceptors (Lipinski definition) is 8. The van der Waals surface area contributed by atoms with Gasteiger partial charge in [0.15, 0.2) is 11.5 Å². The van der Waals surface area contributed by atoms with E-state index < -0.39 is 10.8 Å². The summed E-state index contributed by atoms with van der Waals surface area (Å²) < 4.78 is 5.60. The molecule has 0 bridgehead atoms. The summed E-state index contributed by atoms with van der Waals surface area (Å²) in [6, 6.07) is 16.1. The van der Waals surface area contributed by atoms with E-state index in [2.05, 4.69) is 10.6 Å². The monoisotopic (exact) mass is 567 g/mol. The highest BCUT2D eigenvalue weighted by Crippen LogP contribution is 2.44. The number of thioether (sulfide) groups is 1. The summed E-state index contributed by atoms with van der Waals surface area (Å²) in [4.78, 5) is 35.9. The van der Waals surface area contributed by atoms with Gasteiger partial charge in [-0.15, -0.1) is 23.2 Å². The summed E-state index contributed by atoms with van der Waals surface area (Å²) in [6.07, 6.45) is 0. The molecule has 0 aliphatic heterocycles. The number of carbonyl (C=O) groups excluding carboxylic acids is 2. The Morgan fingerprint density at radius 3 is 2.06 bits per heavy atom. The van der Waals surface area contributed by atoms with E-state index >= 15 is 0 Å². The van der Waals surface area contributed by atoms with Crippen LogP contribution in [0.2, 0.25) is 0 Å². The first-order valence-electron chi connectivity index (χ1n) is 10.2. The number of phenols is 1. The highest BCUT2D eigenvalue weighted by molar-refractivity contribution is 7.99. The molecule has 0 unspecified atom stereocenters. The molecule has 3 aromatic carbocycles. The Balaban J connectivity index is 1.78. The third-order valence-corrected chi connectivity index (χ3v) is 6.96. The molecule has 0 radical (unpaired) electrons. The molecule has 3 aromatic rings. The van der Waals surface area contributed by atoms with Crippen molar-refractivity contribution in [2.45, 2.75) is 14.7 Å². The van der Waals surface area contributed by atoms with Crippen molar-refractivity contribution in [1.82, 2.24) is 0 Å². The lowest BCUT2D eigenvalue weighted by molar-refractivity contribution is -0.387. The molecule has 0 fully saturated rings. The first-order valence-corrected chi connectivity index (χ1v) is 13.0. The lowest BCUT2D eigenvalue weighted by Gasteiger charge is -2.13. The van der Waals surface area contributed by atoms with Gasteiger partial charge in [0, 0.05) is 15.9 Å². The molecule has 0 aromatic heterocycles. The second-order valence-corrected chi connectivity index (χ2v) is 9.49. The SMILES string of the molecule is O=C(CCl)Nc1ccccc1SCOc1cc([N+](=O)[O-])c(Sc2ccccc2NC(=O)CCl)cc1O. The van der Waals surface area contributed by atoms with Gasteiger partial charge >= 0.3 is 0 Å². The molecular weight excluding hydrogens is 549 g/mol. The Hall–Kier alpha value is -3.12. The van der Waals surface area contributed by atoms with Crippen LogP contribution in [0.4, 0.5) is 17.1 Å². The van der Waals surface area contributed by atoms with Crippen LogP contribution in [-0.2, 0) is 9.59 Å². The molecule has 0 heterocycles. The Labute approximate surface area is 224 Å². The molecule has 0 spiro atoms. The Morgan fingerprint density at radius 1 is 0.917 bits per heavy atom. The van der Waals surface area contributed by atoms with Crippen LogP contribution >= 0.6 is 46.7 Å². The minimum atomic E-state index is -0.585. The van der Waals surface area contributed by atoms with E-state index in [0.717, 1.165) is 17.8 Å². The number of amides is 2. The van der Waals surface area contributed by atoms with E-state index in [9.17, 15) is 24.8 Å². The third-order valence-electron chi connectivity index (χ3n) is 4.45. The number of ether oxygens (including phenoxy) is 1. The fraction of sp³-hybridized carbons (Fsp3) is 0.130. The minimum Gasteiger partial charge on any atom is -0.504 e. The van der Waals surface area contributed by atoms with E-state index in [1.165, 1.54) is 17.8 Å². The number of phenolic OH excluding ortho intramolecular Hbond substituents is 1. The van der Waals surface area contributed by atoms with E-state index in [4.69, 9.17) is 27.9 Å². The van der Waals surface area contributed by atoms with Crippen molar-refractivity contribution in [3.05, 3.63) is 70.8 Å². The van der Waals surface area contributed by atoms with Gasteiger partial charge in [-0.25, -0.2) is 0 Å². The van der Waals surface area contributed by atoms with Gasteiger partial charge in [0.1, 0.15) is 17.7 Å². The van der Waals surface area contributed by atoms with Crippen molar-refractivity contribution in [3.63, 3.8) is 0 Å². The smallest absolute Gasteiger partial charge is 0.287 e. The highest BCUT2D eigenvalue weighted by atomic mass is 35.5. The maximum Gasteiger partial charge on any atom is 0.287 e. The number of nitrogens with zero attached hydrogens (tertiary/aromatic N) is 1. The fourth-order valence-electron chi connectivity index (χ4n) is 2.88. The molecule has 13 heteroatoms. The lowest BCUT2D eigenvalue weighted by Crippen LogP contribution is -2.13. The number of nitrogens with one attached hydrogen (secondary N) is 2. The molecule has 3 rings (SSSR count). The van der Waals surface area contributed by atoms with Crippen molar-refractivity contribution in [2.24, 2.45) is 0 Å². The van der Waals surface area contributed by atoms with Gasteiger partial charge in [0.25, 0.3) is 5.69 Å². The highest BCUT2D eigenvalue weighted by Gasteiger charge is 2.21. The standard InChI is InChI=1S/C23H19Cl2N3O6S2/c24-11-22(30)26-14-5-1-3-7-19(14)35-13-34-18-9-16(28(32)33)21(10-17(18)29)36-20-8-4-2-6-15(20)27-23(31)12-25/h1-10,29H,11-13H2,(H,26,30)(H,27,31). The molecule has 3 N–H and O–H groups in total. The van der Waals surface area contributed by atoms with Crippen molar-refractivity contribution >= 4 is 75.6 Å². The Bertz CT molecular complexity index is 1280. The van der Waals surface area contributed by atoms with Crippen LogP contribution in [0, 0.1) is 10.1 Å². The van der Waals surface area contributed by atoms with Gasteiger partial charge in [-0.3, -0.25) is 19.7 Å². The Morgan fingerprint density at radius 2 is 1.47 bits per heavy atom. The summed E-state index contributed by atoms with van der Waals surface area (Å²) in [6.45, 7) is 0. The number of rotatable bonds is 11. The van der Waals surface area contributed by atoms with Crippen molar-refractivity contribution in [2.75, 3.05) is 28.3 Å². The minimum absolute atomic E-state index is 0.00173. The number of para-hydroxylation sites is 2. The number of halogens is 2. The number of benzene rings is 3. The number of anilines is 2. The number of hydrogen-bond donors (Lipinski definition) is 3. The van der Waals surface area contributed by atoms with Crippen LogP contribution in [0.3, 0.4) is 0 Å².